The number of nitrogens with one attached hydrogen (secondary N) is 1. The number of ether oxygens (including phenoxy) is 1. The van der Waals surface area contributed by atoms with Crippen LogP contribution < -0.4 is 5.32 Å². The third-order valence-corrected chi connectivity index (χ3v) is 3.84. The van der Waals surface area contributed by atoms with Crippen LogP contribution in [0.5, 0.6) is 0 Å². The average Bonchev–Trinajstić information content (AvgIpc) is 2.47. The van der Waals surface area contributed by atoms with E-state index in [0.717, 1.165) is 32.4 Å². The topological polar surface area (TPSA) is 38.3 Å². The van der Waals surface area contributed by atoms with Crippen LogP contribution in [-0.4, -0.2) is 25.7 Å². The van der Waals surface area contributed by atoms with E-state index in [1.807, 2.05) is 25.1 Å². The van der Waals surface area contributed by atoms with Gasteiger partial charge in [0.2, 0.25) is 0 Å². The molecule has 0 aromatic heterocycles. The summed E-state index contributed by atoms with van der Waals surface area (Å²) in [6, 6.07) is 10.2. The Hall–Kier alpha value is -1.35. The molecule has 1 saturated heterocycles. The van der Waals surface area contributed by atoms with Crippen molar-refractivity contribution in [1.29, 1.82) is 0 Å². The number of carbonyl (C=O) groups excluding carboxylic acids is 1. The normalized spacial score (nSPS) is 17.9. The van der Waals surface area contributed by atoms with Gasteiger partial charge >= 0.3 is 5.97 Å². The third-order valence-electron chi connectivity index (χ3n) is 3.84. The monoisotopic (exact) mass is 261 g/mol. The highest BCUT2D eigenvalue weighted by Gasteiger charge is 2.30. The van der Waals surface area contributed by atoms with Crippen molar-refractivity contribution in [3.63, 3.8) is 0 Å². The van der Waals surface area contributed by atoms with Gasteiger partial charge in [-0.15, -0.1) is 0 Å². The lowest BCUT2D eigenvalue weighted by atomic mass is 9.81. The molecule has 1 N–H and O–H groups in total. The first-order valence-electron chi connectivity index (χ1n) is 7.22. The molecule has 2 rings (SSSR count). The predicted molar refractivity (Wildman–Crippen MR) is 75.9 cm³/mol. The molecule has 3 nitrogen and oxygen atoms in total. The van der Waals surface area contributed by atoms with Crippen molar-refractivity contribution in [3.05, 3.63) is 35.9 Å². The summed E-state index contributed by atoms with van der Waals surface area (Å²) >= 11 is 0. The van der Waals surface area contributed by atoms with Gasteiger partial charge in [-0.25, -0.2) is 0 Å². The largest absolute Gasteiger partial charge is 0.466 e. The van der Waals surface area contributed by atoms with Gasteiger partial charge in [0.25, 0.3) is 0 Å². The summed E-state index contributed by atoms with van der Waals surface area (Å²) < 4.78 is 5.27. The van der Waals surface area contributed by atoms with Gasteiger partial charge in [0.1, 0.15) is 0 Å². The van der Waals surface area contributed by atoms with Crippen molar-refractivity contribution in [1.82, 2.24) is 5.32 Å². The smallest absolute Gasteiger partial charge is 0.309 e. The molecular weight excluding hydrogens is 238 g/mol. The Kier molecular flexibility index (Phi) is 5.40. The van der Waals surface area contributed by atoms with Crippen LogP contribution in [-0.2, 0) is 16.0 Å². The Morgan fingerprint density at radius 2 is 2.00 bits per heavy atom. The standard InChI is InChI=1S/C16H23NO2/c1-2-19-16(18)15(14-8-10-17-11-9-14)12-13-6-4-3-5-7-13/h3-7,14-15,17H,2,8-12H2,1H3. The van der Waals surface area contributed by atoms with Gasteiger partial charge in [-0.3, -0.25) is 4.79 Å². The lowest BCUT2D eigenvalue weighted by Crippen LogP contribution is -2.36. The van der Waals surface area contributed by atoms with Crippen LogP contribution in [0.3, 0.4) is 0 Å². The van der Waals surface area contributed by atoms with Crippen molar-refractivity contribution in [2.45, 2.75) is 26.2 Å². The van der Waals surface area contributed by atoms with Crippen molar-refractivity contribution < 1.29 is 9.53 Å². The second-order valence-corrected chi connectivity index (χ2v) is 5.14. The van der Waals surface area contributed by atoms with E-state index < -0.39 is 0 Å². The number of benzene rings is 1. The average molecular weight is 261 g/mol. The van der Waals surface area contributed by atoms with E-state index in [1.165, 1.54) is 5.56 Å². The van der Waals surface area contributed by atoms with Gasteiger partial charge in [0.05, 0.1) is 12.5 Å². The van der Waals surface area contributed by atoms with E-state index in [4.69, 9.17) is 4.74 Å². The van der Waals surface area contributed by atoms with E-state index >= 15 is 0 Å². The van der Waals surface area contributed by atoms with Crippen molar-refractivity contribution in [3.8, 4) is 0 Å². The molecule has 1 heterocycles. The summed E-state index contributed by atoms with van der Waals surface area (Å²) in [6.07, 6.45) is 2.93. The summed E-state index contributed by atoms with van der Waals surface area (Å²) in [5.41, 5.74) is 1.22. The summed E-state index contributed by atoms with van der Waals surface area (Å²) in [7, 11) is 0. The molecule has 104 valence electrons. The lowest BCUT2D eigenvalue weighted by molar-refractivity contribution is -0.150. The molecule has 1 aliphatic rings. The van der Waals surface area contributed by atoms with Crippen molar-refractivity contribution >= 4 is 5.97 Å². The quantitative estimate of drug-likeness (QED) is 0.827. The van der Waals surface area contributed by atoms with Crippen LogP contribution in [0, 0.1) is 11.8 Å². The highest BCUT2D eigenvalue weighted by atomic mass is 16.5. The first-order valence-corrected chi connectivity index (χ1v) is 7.22. The lowest BCUT2D eigenvalue weighted by Gasteiger charge is -2.29. The fraction of sp³-hybridized carbons (Fsp3) is 0.562. The van der Waals surface area contributed by atoms with E-state index in [0.29, 0.717) is 12.5 Å². The molecule has 1 atom stereocenters. The molecule has 1 aromatic rings. The maximum atomic E-state index is 12.2. The van der Waals surface area contributed by atoms with Gasteiger partial charge < -0.3 is 10.1 Å². The van der Waals surface area contributed by atoms with Gasteiger partial charge in [-0.1, -0.05) is 30.3 Å². The Labute approximate surface area is 115 Å². The zero-order valence-electron chi connectivity index (χ0n) is 11.6. The van der Waals surface area contributed by atoms with Crippen molar-refractivity contribution in [2.24, 2.45) is 11.8 Å². The Balaban J connectivity index is 2.06. The summed E-state index contributed by atoms with van der Waals surface area (Å²) in [6.45, 7) is 4.36. The predicted octanol–water partition coefficient (Wildman–Crippen LogP) is 2.41. The minimum Gasteiger partial charge on any atom is -0.466 e. The molecule has 0 spiro atoms. The van der Waals surface area contributed by atoms with Crippen LogP contribution >= 0.6 is 0 Å². The molecule has 0 radical (unpaired) electrons. The SMILES string of the molecule is CCOC(=O)C(Cc1ccccc1)C1CCNCC1. The molecule has 3 heteroatoms. The van der Waals surface area contributed by atoms with E-state index in [-0.39, 0.29) is 11.9 Å². The molecule has 0 bridgehead atoms. The molecule has 19 heavy (non-hydrogen) atoms. The molecule has 1 aliphatic heterocycles. The highest BCUT2D eigenvalue weighted by molar-refractivity contribution is 5.73. The van der Waals surface area contributed by atoms with E-state index in [9.17, 15) is 4.79 Å². The molecular formula is C16H23NO2. The minimum absolute atomic E-state index is 0.00412. The Morgan fingerprint density at radius 3 is 2.63 bits per heavy atom. The molecule has 0 saturated carbocycles. The second kappa shape index (κ2) is 7.29. The summed E-state index contributed by atoms with van der Waals surface area (Å²) in [4.78, 5) is 12.2. The molecule has 1 aromatic carbocycles. The number of carbonyl (C=O) groups is 1. The molecule has 0 amide bonds. The van der Waals surface area contributed by atoms with Crippen LogP contribution in [0.1, 0.15) is 25.3 Å². The zero-order valence-corrected chi connectivity index (χ0v) is 11.6. The van der Waals surface area contributed by atoms with Gasteiger partial charge in [0.15, 0.2) is 0 Å². The number of rotatable bonds is 5. The number of hydrogen-bond donors (Lipinski definition) is 1. The maximum absolute atomic E-state index is 12.2. The fourth-order valence-electron chi connectivity index (χ4n) is 2.81. The first kappa shape index (κ1) is 14.1. The molecule has 1 fully saturated rings. The zero-order chi connectivity index (χ0) is 13.5. The van der Waals surface area contributed by atoms with Crippen LogP contribution in [0.2, 0.25) is 0 Å². The fourth-order valence-corrected chi connectivity index (χ4v) is 2.81. The van der Waals surface area contributed by atoms with Gasteiger partial charge in [-0.05, 0) is 50.8 Å². The first-order chi connectivity index (χ1) is 9.31. The Morgan fingerprint density at radius 1 is 1.32 bits per heavy atom. The number of piperidine rings is 1. The highest BCUT2D eigenvalue weighted by Crippen LogP contribution is 2.26. The minimum atomic E-state index is -0.0294. The molecule has 0 aliphatic carbocycles. The van der Waals surface area contributed by atoms with E-state index in [2.05, 4.69) is 17.4 Å². The number of esters is 1. The van der Waals surface area contributed by atoms with Crippen LogP contribution in [0.25, 0.3) is 0 Å². The van der Waals surface area contributed by atoms with Gasteiger partial charge in [-0.2, -0.15) is 0 Å². The Bertz CT molecular complexity index is 385. The van der Waals surface area contributed by atoms with Crippen LogP contribution in [0.15, 0.2) is 30.3 Å². The van der Waals surface area contributed by atoms with Crippen LogP contribution in [0.4, 0.5) is 0 Å². The van der Waals surface area contributed by atoms with E-state index in [1.54, 1.807) is 0 Å². The second-order valence-electron chi connectivity index (χ2n) is 5.14. The molecule has 1 unspecified atom stereocenters. The van der Waals surface area contributed by atoms with Gasteiger partial charge in [0, 0.05) is 0 Å². The van der Waals surface area contributed by atoms with Crippen molar-refractivity contribution in [2.75, 3.05) is 19.7 Å². The third kappa shape index (κ3) is 4.06. The summed E-state index contributed by atoms with van der Waals surface area (Å²) in [5, 5.41) is 3.35. The summed E-state index contributed by atoms with van der Waals surface area (Å²) in [5.74, 6) is 0.420. The maximum Gasteiger partial charge on any atom is 0.309 e. The number of hydrogen-bond acceptors (Lipinski definition) is 3.